The fourth-order valence-electron chi connectivity index (χ4n) is 1.43. The van der Waals surface area contributed by atoms with Crippen LogP contribution < -0.4 is 5.32 Å². The molecule has 1 heterocycles. The van der Waals surface area contributed by atoms with Crippen molar-refractivity contribution in [3.05, 3.63) is 40.7 Å². The van der Waals surface area contributed by atoms with Crippen LogP contribution in [0.3, 0.4) is 0 Å². The smallest absolute Gasteiger partial charge is 0.226 e. The summed E-state index contributed by atoms with van der Waals surface area (Å²) in [4.78, 5) is 4.27. The van der Waals surface area contributed by atoms with Crippen LogP contribution in [0.2, 0.25) is 0 Å². The number of hydrogen-bond donors (Lipinski definition) is 1. The Morgan fingerprint density at radius 2 is 2.31 bits per heavy atom. The average Bonchev–Trinajstić information content (AvgIpc) is 2.75. The zero-order valence-corrected chi connectivity index (χ0v) is 10.6. The van der Waals surface area contributed by atoms with E-state index in [4.69, 9.17) is 4.42 Å². The van der Waals surface area contributed by atoms with E-state index >= 15 is 0 Å². The van der Waals surface area contributed by atoms with Gasteiger partial charge in [0.15, 0.2) is 0 Å². The number of halogens is 1. The summed E-state index contributed by atoms with van der Waals surface area (Å²) in [6.45, 7) is 0.896. The molecule has 1 aromatic heterocycles. The minimum absolute atomic E-state index is 0.674. The second-order valence-electron chi connectivity index (χ2n) is 3.50. The fourth-order valence-corrected chi connectivity index (χ4v) is 1.83. The Bertz CT molecular complexity index is 468. The Morgan fingerprint density at radius 1 is 1.44 bits per heavy atom. The molecule has 0 saturated carbocycles. The molecule has 0 fully saturated rings. The highest BCUT2D eigenvalue weighted by Gasteiger charge is 2.06. The van der Waals surface area contributed by atoms with E-state index in [1.807, 2.05) is 31.3 Å². The van der Waals surface area contributed by atoms with Gasteiger partial charge in [0.25, 0.3) is 0 Å². The maximum atomic E-state index is 5.65. The van der Waals surface area contributed by atoms with Gasteiger partial charge in [0.2, 0.25) is 5.89 Å². The van der Waals surface area contributed by atoms with Crippen LogP contribution in [-0.4, -0.2) is 18.6 Å². The summed E-state index contributed by atoms with van der Waals surface area (Å²) in [7, 11) is 1.92. The van der Waals surface area contributed by atoms with Crippen molar-refractivity contribution in [1.82, 2.24) is 10.3 Å². The molecule has 2 rings (SSSR count). The van der Waals surface area contributed by atoms with E-state index in [0.717, 1.165) is 28.8 Å². The number of nitrogens with zero attached hydrogens (tertiary/aromatic N) is 1. The van der Waals surface area contributed by atoms with Gasteiger partial charge in [0.05, 0.1) is 6.20 Å². The van der Waals surface area contributed by atoms with Crippen LogP contribution in [0, 0.1) is 0 Å². The predicted molar refractivity (Wildman–Crippen MR) is 67.3 cm³/mol. The third-order valence-electron chi connectivity index (χ3n) is 2.25. The highest BCUT2D eigenvalue weighted by Crippen LogP contribution is 2.22. The van der Waals surface area contributed by atoms with Crippen LogP contribution in [-0.2, 0) is 6.42 Å². The Morgan fingerprint density at radius 3 is 3.06 bits per heavy atom. The van der Waals surface area contributed by atoms with Crippen LogP contribution in [0.4, 0.5) is 0 Å². The number of rotatable bonds is 4. The monoisotopic (exact) mass is 280 g/mol. The molecule has 0 atom stereocenters. The molecule has 1 N–H and O–H groups in total. The minimum Gasteiger partial charge on any atom is -0.441 e. The zero-order chi connectivity index (χ0) is 11.4. The van der Waals surface area contributed by atoms with E-state index in [2.05, 4.69) is 26.2 Å². The lowest BCUT2D eigenvalue weighted by molar-refractivity contribution is 0.512. The van der Waals surface area contributed by atoms with E-state index in [1.165, 1.54) is 0 Å². The van der Waals surface area contributed by atoms with Gasteiger partial charge in [-0.25, -0.2) is 4.98 Å². The Balaban J connectivity index is 2.18. The van der Waals surface area contributed by atoms with Gasteiger partial charge in [-0.1, -0.05) is 22.0 Å². The summed E-state index contributed by atoms with van der Waals surface area (Å²) in [5.74, 6) is 1.58. The third kappa shape index (κ3) is 2.71. The molecule has 0 amide bonds. The molecule has 0 radical (unpaired) electrons. The number of oxazole rings is 1. The van der Waals surface area contributed by atoms with Gasteiger partial charge < -0.3 is 9.73 Å². The molecule has 3 nitrogen and oxygen atoms in total. The predicted octanol–water partition coefficient (Wildman–Crippen LogP) is 2.87. The maximum Gasteiger partial charge on any atom is 0.226 e. The topological polar surface area (TPSA) is 38.1 Å². The van der Waals surface area contributed by atoms with Crippen LogP contribution in [0.5, 0.6) is 0 Å². The molecule has 0 unspecified atom stereocenters. The quantitative estimate of drug-likeness (QED) is 0.936. The molecule has 0 bridgehead atoms. The Hall–Kier alpha value is -1.13. The molecule has 0 saturated heterocycles. The van der Waals surface area contributed by atoms with E-state index in [9.17, 15) is 0 Å². The lowest BCUT2D eigenvalue weighted by atomic mass is 10.2. The van der Waals surface area contributed by atoms with Gasteiger partial charge in [0.1, 0.15) is 5.76 Å². The first-order valence-electron chi connectivity index (χ1n) is 5.15. The van der Waals surface area contributed by atoms with Gasteiger partial charge >= 0.3 is 0 Å². The summed E-state index contributed by atoms with van der Waals surface area (Å²) in [5.41, 5.74) is 0.991. The number of aromatic nitrogens is 1. The largest absolute Gasteiger partial charge is 0.441 e. The minimum atomic E-state index is 0.674. The van der Waals surface area contributed by atoms with Crippen LogP contribution in [0.25, 0.3) is 11.5 Å². The van der Waals surface area contributed by atoms with E-state index in [-0.39, 0.29) is 0 Å². The molecular formula is C12H13BrN2O. The second-order valence-corrected chi connectivity index (χ2v) is 4.41. The molecule has 4 heteroatoms. The molecule has 0 aliphatic rings. The van der Waals surface area contributed by atoms with Crippen LogP contribution in [0.1, 0.15) is 5.76 Å². The van der Waals surface area contributed by atoms with Gasteiger partial charge in [0, 0.05) is 23.0 Å². The van der Waals surface area contributed by atoms with Crippen LogP contribution >= 0.6 is 15.9 Å². The molecular weight excluding hydrogens is 268 g/mol. The first-order chi connectivity index (χ1) is 7.79. The van der Waals surface area contributed by atoms with Gasteiger partial charge in [-0.05, 0) is 25.2 Å². The molecule has 16 heavy (non-hydrogen) atoms. The highest BCUT2D eigenvalue weighted by molar-refractivity contribution is 9.10. The normalized spacial score (nSPS) is 10.6. The standard InChI is InChI=1S/C12H13BrN2O/c1-14-6-5-11-8-15-12(16-11)9-3-2-4-10(13)7-9/h2-4,7-8,14H,5-6H2,1H3. The summed E-state index contributed by atoms with van der Waals surface area (Å²) < 4.78 is 6.68. The SMILES string of the molecule is CNCCc1cnc(-c2cccc(Br)c2)o1. The number of likely N-dealkylation sites (N-methyl/N-ethyl adjacent to an activating group) is 1. The molecule has 0 aliphatic carbocycles. The van der Waals surface area contributed by atoms with Gasteiger partial charge in [-0.15, -0.1) is 0 Å². The number of benzene rings is 1. The average molecular weight is 281 g/mol. The maximum absolute atomic E-state index is 5.65. The van der Waals surface area contributed by atoms with Crippen molar-refractivity contribution >= 4 is 15.9 Å². The zero-order valence-electron chi connectivity index (χ0n) is 9.03. The molecule has 2 aromatic rings. The lowest BCUT2D eigenvalue weighted by Crippen LogP contribution is -2.09. The van der Waals surface area contributed by atoms with Crippen LogP contribution in [0.15, 0.2) is 39.4 Å². The lowest BCUT2D eigenvalue weighted by Gasteiger charge is -1.97. The van der Waals surface area contributed by atoms with E-state index in [1.54, 1.807) is 6.20 Å². The van der Waals surface area contributed by atoms with Crippen molar-refractivity contribution in [1.29, 1.82) is 0 Å². The first-order valence-corrected chi connectivity index (χ1v) is 5.94. The summed E-state index contributed by atoms with van der Waals surface area (Å²) in [6.07, 6.45) is 2.64. The summed E-state index contributed by atoms with van der Waals surface area (Å²) >= 11 is 3.43. The van der Waals surface area contributed by atoms with Crippen molar-refractivity contribution in [3.63, 3.8) is 0 Å². The van der Waals surface area contributed by atoms with E-state index in [0.29, 0.717) is 5.89 Å². The van der Waals surface area contributed by atoms with Crippen molar-refractivity contribution in [2.75, 3.05) is 13.6 Å². The Labute approximate surface area is 103 Å². The second kappa shape index (κ2) is 5.27. The van der Waals surface area contributed by atoms with Crippen molar-refractivity contribution < 1.29 is 4.42 Å². The van der Waals surface area contributed by atoms with Crippen molar-refractivity contribution in [2.45, 2.75) is 6.42 Å². The Kier molecular flexibility index (Phi) is 3.74. The number of hydrogen-bond acceptors (Lipinski definition) is 3. The van der Waals surface area contributed by atoms with E-state index < -0.39 is 0 Å². The highest BCUT2D eigenvalue weighted by atomic mass is 79.9. The number of nitrogens with one attached hydrogen (secondary N) is 1. The molecule has 0 spiro atoms. The third-order valence-corrected chi connectivity index (χ3v) is 2.74. The molecule has 84 valence electrons. The van der Waals surface area contributed by atoms with Crippen molar-refractivity contribution in [3.8, 4) is 11.5 Å². The summed E-state index contributed by atoms with van der Waals surface area (Å²) in [5, 5.41) is 3.08. The molecule has 0 aliphatic heterocycles. The molecule has 1 aromatic carbocycles. The van der Waals surface area contributed by atoms with Crippen molar-refractivity contribution in [2.24, 2.45) is 0 Å². The first kappa shape index (κ1) is 11.4. The summed E-state index contributed by atoms with van der Waals surface area (Å²) in [6, 6.07) is 7.93. The fraction of sp³-hybridized carbons (Fsp3) is 0.250. The van der Waals surface area contributed by atoms with Gasteiger partial charge in [-0.3, -0.25) is 0 Å². The van der Waals surface area contributed by atoms with Gasteiger partial charge in [-0.2, -0.15) is 0 Å².